The average molecular weight is 1580 g/mol. The molecule has 17 aromatic carbocycles. The van der Waals surface area contributed by atoms with Crippen LogP contribution in [0.5, 0.6) is 0 Å². The lowest BCUT2D eigenvalue weighted by Crippen LogP contribution is -2.74. The van der Waals surface area contributed by atoms with Crippen molar-refractivity contribution in [3.05, 3.63) is 466 Å². The summed E-state index contributed by atoms with van der Waals surface area (Å²) in [6.45, 7) is 7.44. The highest BCUT2D eigenvalue weighted by molar-refractivity contribution is 7.19. The highest BCUT2D eigenvalue weighted by Gasteiger charge is 2.41. The van der Waals surface area contributed by atoms with E-state index in [9.17, 15) is 5.26 Å². The fraction of sp³-hybridized carbons (Fsp3) is 0. The predicted octanol–water partition coefficient (Wildman–Crippen LogP) is 26.4. The highest BCUT2D eigenvalue weighted by atomic mass is 28.3. The van der Waals surface area contributed by atoms with Crippen molar-refractivity contribution in [3.8, 4) is 96.1 Å². The summed E-state index contributed by atoms with van der Waals surface area (Å²) in [6.07, 6.45) is 0. The van der Waals surface area contributed by atoms with Gasteiger partial charge in [-0.05, 0) is 200 Å². The zero-order valence-corrected chi connectivity index (χ0v) is 67.8. The first-order valence-electron chi connectivity index (χ1n) is 41.5. The van der Waals surface area contributed by atoms with Gasteiger partial charge >= 0.3 is 0 Å². The molecular weight excluding hydrogens is 1510 g/mol. The normalized spacial score (nSPS) is 11.6. The Morgan fingerprint density at radius 2 is 0.569 bits per heavy atom. The molecule has 0 unspecified atom stereocenters. The Bertz CT molecular complexity index is 7930. The molecule has 0 saturated heterocycles. The predicted molar refractivity (Wildman–Crippen MR) is 513 cm³/mol. The molecule has 0 aliphatic heterocycles. The topological polar surface area (TPSA) is 73.7 Å². The number of fused-ring (bicyclic) bond motifs is 12. The number of pyridine rings is 2. The smallest absolute Gasteiger partial charge is 0.187 e. The Labute approximate surface area is 712 Å². The molecule has 0 bridgehead atoms. The van der Waals surface area contributed by atoms with Crippen LogP contribution in [0.25, 0.3) is 182 Å². The minimum atomic E-state index is -2.66. The summed E-state index contributed by atoms with van der Waals surface area (Å²) < 4.78 is 9.42. The standard InChI is InChI=1S/C65H45N3Si.C49H29N5/c1-5-19-46(20-6-1)60-31-18-32-61(66-60)49-21-17-22-51(43-49)68-63-34-16-14-30-57(63)59-45-48(36-42-65(59)68)47-35-41-64-58(44-47)56-29-13-15-33-62(56)67(64)50-37-39-55(40-38-50)69(52-23-7-2-8-24-52,53-25-9-3-10-26-53)54-27-11-4-12-28-54;1-51-38-23-19-33(20-24-38)37-29-44(34-17-15-32(31-50)16-18-34)52-49(30-37)54-46-14-8-6-12-41(46)43-28-36(22-26-48(43)54)35-21-25-47-42(27-35)40-11-5-7-13-45(40)53(47)39-9-3-2-4-10-39/h1-45H;2-30H. The fourth-order valence-electron chi connectivity index (χ4n) is 18.8. The van der Waals surface area contributed by atoms with Crippen molar-refractivity contribution >= 4 is 122 Å². The maximum absolute atomic E-state index is 9.44. The van der Waals surface area contributed by atoms with E-state index >= 15 is 0 Å². The highest BCUT2D eigenvalue weighted by Crippen LogP contribution is 2.43. The summed E-state index contributed by atoms with van der Waals surface area (Å²) >= 11 is 0. The average Bonchev–Trinajstić information content (AvgIpc) is 1.58. The molecule has 0 N–H and O–H groups in total. The minimum absolute atomic E-state index is 0.597. The van der Waals surface area contributed by atoms with E-state index in [0.717, 1.165) is 101 Å². The van der Waals surface area contributed by atoms with Gasteiger partial charge in [-0.15, -0.1) is 0 Å². The van der Waals surface area contributed by atoms with Crippen LogP contribution >= 0.6 is 0 Å². The second kappa shape index (κ2) is 30.7. The molecule has 0 radical (unpaired) electrons. The summed E-state index contributed by atoms with van der Waals surface area (Å²) in [5.74, 6) is 0.787. The molecule has 0 fully saturated rings. The summed E-state index contributed by atoms with van der Waals surface area (Å²) in [6, 6.07) is 163. The van der Waals surface area contributed by atoms with Gasteiger partial charge in [-0.2, -0.15) is 5.26 Å². The van der Waals surface area contributed by atoms with Crippen molar-refractivity contribution in [2.45, 2.75) is 0 Å². The third-order valence-electron chi connectivity index (χ3n) is 24.4. The first kappa shape index (κ1) is 72.9. The minimum Gasteiger partial charge on any atom is -0.309 e. The molecule has 6 heterocycles. The monoisotopic (exact) mass is 1580 g/mol. The summed E-state index contributed by atoms with van der Waals surface area (Å²) in [5.41, 5.74) is 26.3. The zero-order valence-electron chi connectivity index (χ0n) is 66.8. The van der Waals surface area contributed by atoms with Gasteiger partial charge in [0.2, 0.25) is 0 Å². The molecule has 23 rings (SSSR count). The number of rotatable bonds is 14. The van der Waals surface area contributed by atoms with E-state index in [2.05, 4.69) is 423 Å². The maximum Gasteiger partial charge on any atom is 0.187 e. The van der Waals surface area contributed by atoms with Gasteiger partial charge in [-0.1, -0.05) is 303 Å². The van der Waals surface area contributed by atoms with Crippen molar-refractivity contribution in [3.63, 3.8) is 0 Å². The third kappa shape index (κ3) is 12.8. The molecule has 0 amide bonds. The van der Waals surface area contributed by atoms with Crippen LogP contribution in [-0.4, -0.2) is 36.3 Å². The van der Waals surface area contributed by atoms with Gasteiger partial charge < -0.3 is 13.7 Å². The maximum atomic E-state index is 9.44. The first-order chi connectivity index (χ1) is 60.9. The van der Waals surface area contributed by atoms with Crippen molar-refractivity contribution in [1.82, 2.24) is 28.2 Å². The largest absolute Gasteiger partial charge is 0.309 e. The number of nitriles is 1. The number of aromatic nitrogens is 6. The van der Waals surface area contributed by atoms with E-state index in [-0.39, 0.29) is 0 Å². The second-order valence-corrected chi connectivity index (χ2v) is 35.1. The van der Waals surface area contributed by atoms with Crippen molar-refractivity contribution < 1.29 is 0 Å². The molecule has 0 spiro atoms. The van der Waals surface area contributed by atoms with Crippen LogP contribution in [0.2, 0.25) is 0 Å². The molecule has 9 heteroatoms. The van der Waals surface area contributed by atoms with Crippen molar-refractivity contribution in [2.24, 2.45) is 0 Å². The number of hydrogen-bond acceptors (Lipinski definition) is 3. The molecule has 0 atom stereocenters. The molecular formula is C114H74N8Si. The number of para-hydroxylation sites is 5. The van der Waals surface area contributed by atoms with Crippen molar-refractivity contribution in [1.29, 1.82) is 5.26 Å². The zero-order chi connectivity index (χ0) is 81.9. The molecule has 0 aliphatic carbocycles. The van der Waals surface area contributed by atoms with Crippen LogP contribution in [0.15, 0.2) is 449 Å². The van der Waals surface area contributed by atoms with Crippen LogP contribution in [0, 0.1) is 17.9 Å². The molecule has 8 nitrogen and oxygen atoms in total. The van der Waals surface area contributed by atoms with Crippen LogP contribution in [0.3, 0.4) is 0 Å². The van der Waals surface area contributed by atoms with Gasteiger partial charge in [0.15, 0.2) is 13.8 Å². The quantitative estimate of drug-likeness (QED) is 0.0619. The van der Waals surface area contributed by atoms with E-state index in [1.165, 1.54) is 97.3 Å². The second-order valence-electron chi connectivity index (χ2n) is 31.3. The van der Waals surface area contributed by atoms with Crippen LogP contribution in [0.4, 0.5) is 5.69 Å². The SMILES string of the molecule is [C-]#[N+]c1ccc(-c2cc(-c3ccc(C#N)cc3)nc(-n3c4ccccc4c4cc(-c5ccc6c(c5)c5ccccc5n6-c5ccccc5)ccc43)c2)cc1.c1ccc(-c2cccc(-c3cccc(-n4c5ccccc5c5cc(-c6ccc7c(c6)c6ccccc6n7-c6ccc([Si](c7ccccc7)(c7ccccc7)c7ccccc7)cc6)ccc54)c3)n2)cc1. The van der Waals surface area contributed by atoms with E-state index in [0.29, 0.717) is 11.3 Å². The van der Waals surface area contributed by atoms with Gasteiger partial charge in [-0.25, -0.2) is 14.8 Å². The molecule has 123 heavy (non-hydrogen) atoms. The molecule has 0 saturated carbocycles. The van der Waals surface area contributed by atoms with Crippen LogP contribution in [-0.2, 0) is 0 Å². The first-order valence-corrected chi connectivity index (χ1v) is 43.5. The Morgan fingerprint density at radius 1 is 0.228 bits per heavy atom. The Kier molecular flexibility index (Phi) is 18.2. The molecule has 0 aliphatic rings. The van der Waals surface area contributed by atoms with Crippen molar-refractivity contribution in [2.75, 3.05) is 0 Å². The van der Waals surface area contributed by atoms with Gasteiger partial charge in [-0.3, -0.25) is 4.57 Å². The van der Waals surface area contributed by atoms with E-state index < -0.39 is 8.07 Å². The van der Waals surface area contributed by atoms with Gasteiger partial charge in [0.25, 0.3) is 0 Å². The number of nitrogens with zero attached hydrogens (tertiary/aromatic N) is 8. The van der Waals surface area contributed by atoms with Gasteiger partial charge in [0.1, 0.15) is 5.82 Å². The lowest BCUT2D eigenvalue weighted by molar-refractivity contribution is 1.08. The van der Waals surface area contributed by atoms with Crippen LogP contribution in [0.1, 0.15) is 5.56 Å². The van der Waals surface area contributed by atoms with E-state index in [4.69, 9.17) is 16.5 Å². The third-order valence-corrected chi connectivity index (χ3v) is 29.2. The Morgan fingerprint density at radius 3 is 1.03 bits per heavy atom. The number of benzene rings is 17. The Balaban J connectivity index is 0.000000151. The van der Waals surface area contributed by atoms with E-state index in [1.807, 2.05) is 54.6 Å². The molecule has 23 aromatic rings. The summed E-state index contributed by atoms with van der Waals surface area (Å²) in [7, 11) is -2.66. The summed E-state index contributed by atoms with van der Waals surface area (Å²) in [5, 5.41) is 24.6. The molecule has 6 aromatic heterocycles. The van der Waals surface area contributed by atoms with E-state index in [1.54, 1.807) is 0 Å². The number of hydrogen-bond donors (Lipinski definition) is 0. The lowest BCUT2D eigenvalue weighted by Gasteiger charge is -2.34. The lowest BCUT2D eigenvalue weighted by atomic mass is 10.0. The summed E-state index contributed by atoms with van der Waals surface area (Å²) in [4.78, 5) is 14.0. The van der Waals surface area contributed by atoms with Gasteiger partial charge in [0.05, 0.1) is 79.4 Å². The van der Waals surface area contributed by atoms with Gasteiger partial charge in [0, 0.05) is 76.8 Å². The molecule has 574 valence electrons. The van der Waals surface area contributed by atoms with Crippen LogP contribution < -0.4 is 20.7 Å². The fourth-order valence-corrected chi connectivity index (χ4v) is 23.5. The Hall–Kier alpha value is -16.6.